The summed E-state index contributed by atoms with van der Waals surface area (Å²) < 4.78 is 6.05. The number of rotatable bonds is 12. The van der Waals surface area contributed by atoms with Crippen molar-refractivity contribution in [1.29, 1.82) is 0 Å². The highest BCUT2D eigenvalue weighted by Crippen LogP contribution is 2.26. The second kappa shape index (κ2) is 14.0. The van der Waals surface area contributed by atoms with Crippen LogP contribution in [0.15, 0.2) is 91.1 Å². The number of aryl methyl sites for hydroxylation is 2. The number of carboxylic acids is 1. The molecule has 0 bridgehead atoms. The van der Waals surface area contributed by atoms with E-state index in [0.29, 0.717) is 41.7 Å². The molecule has 9 heteroatoms. The van der Waals surface area contributed by atoms with E-state index < -0.39 is 18.4 Å². The third-order valence-corrected chi connectivity index (χ3v) is 7.55. The summed E-state index contributed by atoms with van der Waals surface area (Å²) in [7, 11) is 0. The molecule has 216 valence electrons. The van der Waals surface area contributed by atoms with Gasteiger partial charge in [0.2, 0.25) is 5.95 Å². The second-order valence-corrected chi connectivity index (χ2v) is 10.7. The Balaban J connectivity index is 1.40. The van der Waals surface area contributed by atoms with Crippen LogP contribution in [0.1, 0.15) is 40.0 Å². The van der Waals surface area contributed by atoms with Gasteiger partial charge in [0.1, 0.15) is 18.9 Å². The van der Waals surface area contributed by atoms with Crippen molar-refractivity contribution in [3.63, 3.8) is 0 Å². The third-order valence-electron chi connectivity index (χ3n) is 7.30. The highest BCUT2D eigenvalue weighted by molar-refractivity contribution is 6.30. The average Bonchev–Trinajstić information content (AvgIpc) is 3.48. The minimum Gasteiger partial charge on any atom is -0.491 e. The number of amides is 1. The summed E-state index contributed by atoms with van der Waals surface area (Å²) in [4.78, 5) is 38.6. The van der Waals surface area contributed by atoms with Gasteiger partial charge in [-0.3, -0.25) is 9.59 Å². The molecule has 0 aliphatic carbocycles. The van der Waals surface area contributed by atoms with Crippen LogP contribution in [0, 0.1) is 0 Å². The number of hydrogen-bond acceptors (Lipinski definition) is 6. The average molecular weight is 585 g/mol. The fraction of sp³-hybridized carbons (Fsp3) is 0.273. The van der Waals surface area contributed by atoms with Crippen molar-refractivity contribution >= 4 is 29.4 Å². The van der Waals surface area contributed by atoms with Gasteiger partial charge in [-0.1, -0.05) is 72.3 Å². The second-order valence-electron chi connectivity index (χ2n) is 10.3. The van der Waals surface area contributed by atoms with E-state index in [2.05, 4.69) is 9.88 Å². The summed E-state index contributed by atoms with van der Waals surface area (Å²) >= 11 is 6.00. The predicted molar refractivity (Wildman–Crippen MR) is 162 cm³/mol. The minimum absolute atomic E-state index is 0.0748. The number of ether oxygens (including phenoxy) is 1. The molecule has 8 nitrogen and oxygen atoms in total. The fourth-order valence-electron chi connectivity index (χ4n) is 5.15. The molecule has 4 aromatic rings. The molecule has 1 atom stereocenters. The van der Waals surface area contributed by atoms with Crippen LogP contribution in [0.5, 0.6) is 5.75 Å². The van der Waals surface area contributed by atoms with Crippen molar-refractivity contribution in [3.05, 3.63) is 119 Å². The summed E-state index contributed by atoms with van der Waals surface area (Å²) in [5.41, 5.74) is 2.89. The molecule has 42 heavy (non-hydrogen) atoms. The number of anilines is 1. The summed E-state index contributed by atoms with van der Waals surface area (Å²) in [5.74, 6) is -0.193. The molecule has 1 amide bonds. The quantitative estimate of drug-likeness (QED) is 0.228. The molecule has 0 unspecified atom stereocenters. The van der Waals surface area contributed by atoms with E-state index in [1.165, 1.54) is 4.90 Å². The SMILES string of the molecule is O=C(O)CN(Cc1ccccc1)C(=O)c1cnc(N2CCC[C@H]2COc2ccc(Cl)cc2)nc1CCc1ccccc1. The summed E-state index contributed by atoms with van der Waals surface area (Å²) in [6.45, 7) is 0.986. The number of carboxylic acid groups (broad SMARTS) is 1. The molecule has 1 aliphatic rings. The Hall–Kier alpha value is -4.43. The Labute approximate surface area is 250 Å². The van der Waals surface area contributed by atoms with Gasteiger partial charge in [-0.15, -0.1) is 0 Å². The van der Waals surface area contributed by atoms with Gasteiger partial charge in [0.15, 0.2) is 0 Å². The molecule has 0 radical (unpaired) electrons. The van der Waals surface area contributed by atoms with Gasteiger partial charge in [-0.2, -0.15) is 0 Å². The summed E-state index contributed by atoms with van der Waals surface area (Å²) in [5, 5.41) is 10.2. The Bertz CT molecular complexity index is 1490. The predicted octanol–water partition coefficient (Wildman–Crippen LogP) is 5.69. The number of benzene rings is 3. The van der Waals surface area contributed by atoms with E-state index in [9.17, 15) is 14.7 Å². The maximum atomic E-state index is 13.8. The number of halogens is 1. The lowest BCUT2D eigenvalue weighted by atomic mass is 10.0. The monoisotopic (exact) mass is 584 g/mol. The van der Waals surface area contributed by atoms with Gasteiger partial charge in [0.25, 0.3) is 5.91 Å². The van der Waals surface area contributed by atoms with E-state index in [4.69, 9.17) is 21.3 Å². The van der Waals surface area contributed by atoms with Crippen LogP contribution < -0.4 is 9.64 Å². The fourth-order valence-corrected chi connectivity index (χ4v) is 5.28. The molecule has 0 spiro atoms. The van der Waals surface area contributed by atoms with Gasteiger partial charge < -0.3 is 19.6 Å². The Morgan fingerprint density at radius 1 is 0.952 bits per heavy atom. The molecule has 1 N–H and O–H groups in total. The van der Waals surface area contributed by atoms with Gasteiger partial charge in [0, 0.05) is 24.3 Å². The number of aromatic nitrogens is 2. The van der Waals surface area contributed by atoms with Crippen molar-refractivity contribution in [1.82, 2.24) is 14.9 Å². The van der Waals surface area contributed by atoms with Crippen LogP contribution in [-0.2, 0) is 24.2 Å². The lowest BCUT2D eigenvalue weighted by Gasteiger charge is -2.26. The smallest absolute Gasteiger partial charge is 0.323 e. The van der Waals surface area contributed by atoms with Crippen LogP contribution >= 0.6 is 11.6 Å². The Morgan fingerprint density at radius 3 is 2.33 bits per heavy atom. The lowest BCUT2D eigenvalue weighted by Crippen LogP contribution is -2.37. The molecule has 1 saturated heterocycles. The first-order chi connectivity index (χ1) is 20.5. The number of aliphatic carboxylic acids is 1. The Morgan fingerprint density at radius 2 is 1.64 bits per heavy atom. The van der Waals surface area contributed by atoms with Crippen LogP contribution in [0.4, 0.5) is 5.95 Å². The van der Waals surface area contributed by atoms with E-state index in [1.807, 2.05) is 72.8 Å². The molecule has 5 rings (SSSR count). The molecule has 0 saturated carbocycles. The first-order valence-electron chi connectivity index (χ1n) is 14.1. The topological polar surface area (TPSA) is 95.9 Å². The number of carbonyl (C=O) groups excluding carboxylic acids is 1. The number of hydrogen-bond donors (Lipinski definition) is 1. The van der Waals surface area contributed by atoms with E-state index in [0.717, 1.165) is 36.3 Å². The van der Waals surface area contributed by atoms with Crippen LogP contribution in [0.2, 0.25) is 5.02 Å². The van der Waals surface area contributed by atoms with Gasteiger partial charge in [0.05, 0.1) is 17.3 Å². The van der Waals surface area contributed by atoms with Crippen molar-refractivity contribution in [2.75, 3.05) is 24.6 Å². The normalized spacial score (nSPS) is 14.5. The van der Waals surface area contributed by atoms with Crippen molar-refractivity contribution in [2.24, 2.45) is 0 Å². The van der Waals surface area contributed by atoms with Crippen LogP contribution in [0.3, 0.4) is 0 Å². The van der Waals surface area contributed by atoms with Gasteiger partial charge in [-0.25, -0.2) is 9.97 Å². The molecule has 2 heterocycles. The Kier molecular flexibility index (Phi) is 9.66. The standard InChI is InChI=1S/C33H33ClN4O4/c34-26-14-16-28(17-15-26)42-23-27-12-7-19-38(27)33-35-20-29(30(36-33)18-13-24-8-3-1-4-9-24)32(41)37(22-31(39)40)21-25-10-5-2-6-11-25/h1-6,8-11,14-17,20,27H,7,12-13,18-19,21-23H2,(H,39,40)/t27-/m0/s1. The molecule has 1 fully saturated rings. The summed E-state index contributed by atoms with van der Waals surface area (Å²) in [6.07, 6.45) is 4.65. The first kappa shape index (κ1) is 29.1. The molecule has 1 aliphatic heterocycles. The highest BCUT2D eigenvalue weighted by atomic mass is 35.5. The van der Waals surface area contributed by atoms with Gasteiger partial charge >= 0.3 is 5.97 Å². The molecule has 3 aromatic carbocycles. The molecule has 1 aromatic heterocycles. The minimum atomic E-state index is -1.08. The largest absolute Gasteiger partial charge is 0.491 e. The van der Waals surface area contributed by atoms with Crippen molar-refractivity contribution < 1.29 is 19.4 Å². The third kappa shape index (κ3) is 7.64. The van der Waals surface area contributed by atoms with Crippen LogP contribution in [-0.4, -0.2) is 57.6 Å². The number of carbonyl (C=O) groups is 2. The maximum Gasteiger partial charge on any atom is 0.323 e. The molecular weight excluding hydrogens is 552 g/mol. The maximum absolute atomic E-state index is 13.8. The van der Waals surface area contributed by atoms with Crippen molar-refractivity contribution in [2.45, 2.75) is 38.3 Å². The van der Waals surface area contributed by atoms with Crippen LogP contribution in [0.25, 0.3) is 0 Å². The van der Waals surface area contributed by atoms with E-state index >= 15 is 0 Å². The van der Waals surface area contributed by atoms with E-state index in [1.54, 1.807) is 18.3 Å². The zero-order valence-corrected chi connectivity index (χ0v) is 24.0. The highest BCUT2D eigenvalue weighted by Gasteiger charge is 2.29. The summed E-state index contributed by atoms with van der Waals surface area (Å²) in [6, 6.07) is 26.7. The zero-order valence-electron chi connectivity index (χ0n) is 23.2. The zero-order chi connectivity index (χ0) is 29.3. The number of nitrogens with zero attached hydrogens (tertiary/aromatic N) is 4. The first-order valence-corrected chi connectivity index (χ1v) is 14.4. The van der Waals surface area contributed by atoms with E-state index in [-0.39, 0.29) is 12.6 Å². The van der Waals surface area contributed by atoms with Gasteiger partial charge in [-0.05, 0) is 61.1 Å². The molecular formula is C33H33ClN4O4. The van der Waals surface area contributed by atoms with Crippen molar-refractivity contribution in [3.8, 4) is 5.75 Å². The lowest BCUT2D eigenvalue weighted by molar-refractivity contribution is -0.137.